The molecule has 2 heterocycles. The van der Waals surface area contributed by atoms with E-state index in [1.165, 1.54) is 35.0 Å². The standard InChI is InChI=1S/C60H29N7S/c61-30-36-26-42(32-63)53(43(27-36)33-64)58-55(41-20-18-38(19-21-41)39-22-24-46(25-23-39)67-50-15-7-4-12-47(50)48-13-5-8-16-51(48)67)56(40-10-2-1-3-11-40)60-57(49-14-6-9-17-52(49)68-60)59(58)54-44(34-65)28-37(31-62)29-45(54)35-66/h1-29H. The van der Waals surface area contributed by atoms with Gasteiger partial charge in [-0.2, -0.15) is 31.6 Å². The highest BCUT2D eigenvalue weighted by atomic mass is 32.1. The van der Waals surface area contributed by atoms with E-state index < -0.39 is 0 Å². The molecule has 11 aromatic rings. The molecule has 11 rings (SSSR count). The van der Waals surface area contributed by atoms with Crippen molar-refractivity contribution in [2.75, 3.05) is 0 Å². The molecule has 0 saturated heterocycles. The van der Waals surface area contributed by atoms with Crippen LogP contribution in [0.5, 0.6) is 0 Å². The molecule has 0 bridgehead atoms. The second-order valence-corrected chi connectivity index (χ2v) is 17.3. The Labute approximate surface area is 394 Å². The van der Waals surface area contributed by atoms with Gasteiger partial charge in [0.25, 0.3) is 0 Å². The summed E-state index contributed by atoms with van der Waals surface area (Å²) >= 11 is 1.57. The fourth-order valence-corrected chi connectivity index (χ4v) is 11.0. The van der Waals surface area contributed by atoms with Crippen LogP contribution in [0.15, 0.2) is 176 Å². The third kappa shape index (κ3) is 6.36. The summed E-state index contributed by atoms with van der Waals surface area (Å²) in [7, 11) is 0. The van der Waals surface area contributed by atoms with Crippen molar-refractivity contribution in [2.24, 2.45) is 0 Å². The molecule has 0 saturated carbocycles. The van der Waals surface area contributed by atoms with Crippen LogP contribution in [0.3, 0.4) is 0 Å². The molecule has 0 radical (unpaired) electrons. The number of aromatic nitrogens is 1. The Bertz CT molecular complexity index is 4070. The Morgan fingerprint density at radius 1 is 0.338 bits per heavy atom. The number of thiophene rings is 1. The van der Waals surface area contributed by atoms with Gasteiger partial charge in [0.15, 0.2) is 0 Å². The summed E-state index contributed by atoms with van der Waals surface area (Å²) in [6.07, 6.45) is 0. The average Bonchev–Trinajstić information content (AvgIpc) is 3.96. The fraction of sp³-hybridized carbons (Fsp3) is 0. The molecule has 9 aromatic carbocycles. The van der Waals surface area contributed by atoms with Crippen LogP contribution >= 0.6 is 11.3 Å². The average molecular weight is 880 g/mol. The zero-order valence-corrected chi connectivity index (χ0v) is 36.6. The maximum absolute atomic E-state index is 11.0. The Morgan fingerprint density at radius 3 is 1.28 bits per heavy atom. The number of hydrogen-bond acceptors (Lipinski definition) is 7. The largest absolute Gasteiger partial charge is 0.309 e. The molecule has 0 unspecified atom stereocenters. The van der Waals surface area contributed by atoms with Crippen molar-refractivity contribution in [3.05, 3.63) is 209 Å². The molecule has 0 atom stereocenters. The number of nitrogens with zero attached hydrogens (tertiary/aromatic N) is 7. The predicted octanol–water partition coefficient (Wildman–Crippen LogP) is 14.7. The lowest BCUT2D eigenvalue weighted by Crippen LogP contribution is -2.03. The number of rotatable bonds is 6. The van der Waals surface area contributed by atoms with Gasteiger partial charge in [0, 0.05) is 64.4 Å². The van der Waals surface area contributed by atoms with E-state index in [-0.39, 0.29) is 44.5 Å². The Balaban J connectivity index is 1.24. The van der Waals surface area contributed by atoms with Gasteiger partial charge in [-0.1, -0.05) is 121 Å². The Kier molecular flexibility index (Phi) is 9.87. The summed E-state index contributed by atoms with van der Waals surface area (Å²) in [4.78, 5) is 0. The summed E-state index contributed by atoms with van der Waals surface area (Å²) in [5, 5.41) is 67.9. The first-order valence-corrected chi connectivity index (χ1v) is 22.3. The monoisotopic (exact) mass is 879 g/mol. The molecule has 0 fully saturated rings. The first-order chi connectivity index (χ1) is 33.5. The second-order valence-electron chi connectivity index (χ2n) is 16.2. The van der Waals surface area contributed by atoms with Gasteiger partial charge >= 0.3 is 0 Å². The molecule has 8 heteroatoms. The Hall–Kier alpha value is -10.1. The normalized spacial score (nSPS) is 10.9. The van der Waals surface area contributed by atoms with Crippen molar-refractivity contribution in [3.63, 3.8) is 0 Å². The summed E-state index contributed by atoms with van der Waals surface area (Å²) in [5.74, 6) is 0. The van der Waals surface area contributed by atoms with E-state index in [9.17, 15) is 31.6 Å². The minimum absolute atomic E-state index is 0.0756. The predicted molar refractivity (Wildman–Crippen MR) is 269 cm³/mol. The van der Waals surface area contributed by atoms with Crippen LogP contribution in [0, 0.1) is 68.0 Å². The van der Waals surface area contributed by atoms with Crippen molar-refractivity contribution in [3.8, 4) is 97.7 Å². The molecule has 0 aliphatic rings. The topological polar surface area (TPSA) is 148 Å². The van der Waals surface area contributed by atoms with E-state index in [2.05, 4.69) is 126 Å². The lowest BCUT2D eigenvalue weighted by Gasteiger charge is -2.25. The first-order valence-electron chi connectivity index (χ1n) is 21.5. The van der Waals surface area contributed by atoms with Crippen LogP contribution in [0.4, 0.5) is 0 Å². The Morgan fingerprint density at radius 2 is 0.765 bits per heavy atom. The van der Waals surface area contributed by atoms with Crippen molar-refractivity contribution >= 4 is 53.3 Å². The third-order valence-electron chi connectivity index (χ3n) is 12.6. The van der Waals surface area contributed by atoms with Crippen molar-refractivity contribution < 1.29 is 0 Å². The van der Waals surface area contributed by atoms with Crippen LogP contribution in [0.1, 0.15) is 33.4 Å². The van der Waals surface area contributed by atoms with Crippen molar-refractivity contribution in [2.45, 2.75) is 0 Å². The molecule has 310 valence electrons. The summed E-state index contributed by atoms with van der Waals surface area (Å²) in [5.41, 5.74) is 10.4. The molecule has 7 nitrogen and oxygen atoms in total. The highest BCUT2D eigenvalue weighted by Crippen LogP contribution is 2.57. The molecule has 0 aliphatic heterocycles. The van der Waals surface area contributed by atoms with E-state index in [0.717, 1.165) is 64.7 Å². The van der Waals surface area contributed by atoms with Crippen LogP contribution in [0.25, 0.3) is 103 Å². The smallest absolute Gasteiger partial charge is 0.0999 e. The number of hydrogen-bond donors (Lipinski definition) is 0. The third-order valence-corrected chi connectivity index (χ3v) is 13.8. The number of benzene rings is 9. The van der Waals surface area contributed by atoms with Gasteiger partial charge in [-0.15, -0.1) is 11.3 Å². The van der Waals surface area contributed by atoms with E-state index >= 15 is 0 Å². The van der Waals surface area contributed by atoms with E-state index in [1.54, 1.807) is 11.3 Å². The van der Waals surface area contributed by atoms with Crippen molar-refractivity contribution in [1.29, 1.82) is 31.6 Å². The molecule has 0 aliphatic carbocycles. The van der Waals surface area contributed by atoms with Gasteiger partial charge < -0.3 is 4.57 Å². The minimum Gasteiger partial charge on any atom is -0.309 e. The van der Waals surface area contributed by atoms with E-state index in [4.69, 9.17) is 0 Å². The van der Waals surface area contributed by atoms with E-state index in [0.29, 0.717) is 16.7 Å². The molecule has 0 spiro atoms. The lowest BCUT2D eigenvalue weighted by molar-refractivity contribution is 1.18. The van der Waals surface area contributed by atoms with Crippen molar-refractivity contribution in [1.82, 2.24) is 4.57 Å². The van der Waals surface area contributed by atoms with Gasteiger partial charge in [-0.3, -0.25) is 0 Å². The zero-order valence-electron chi connectivity index (χ0n) is 35.8. The van der Waals surface area contributed by atoms with Crippen LogP contribution in [-0.4, -0.2) is 4.57 Å². The van der Waals surface area contributed by atoms with E-state index in [1.807, 2.05) is 66.7 Å². The molecule has 2 aromatic heterocycles. The maximum atomic E-state index is 11.0. The quantitative estimate of drug-likeness (QED) is 0.162. The fourth-order valence-electron chi connectivity index (χ4n) is 9.76. The molecule has 0 amide bonds. The summed E-state index contributed by atoms with van der Waals surface area (Å²) in [6.45, 7) is 0. The minimum atomic E-state index is 0.0756. The van der Waals surface area contributed by atoms with Crippen LogP contribution in [-0.2, 0) is 0 Å². The summed E-state index contributed by atoms with van der Waals surface area (Å²) < 4.78 is 4.08. The molecular weight excluding hydrogens is 851 g/mol. The number of para-hydroxylation sites is 2. The molecule has 68 heavy (non-hydrogen) atoms. The lowest BCUT2D eigenvalue weighted by atomic mass is 9.76. The molecular formula is C60H29N7S. The van der Waals surface area contributed by atoms with Crippen LogP contribution in [0.2, 0.25) is 0 Å². The SMILES string of the molecule is N#Cc1cc(C#N)c(-c2c(-c3ccc(-c4ccc(-n5c6ccccc6c6ccccc65)cc4)cc3)c(-c3ccccc3)c3sc4ccccc4c3c2-c2c(C#N)cc(C#N)cc2C#N)c(C#N)c1. The van der Waals surface area contributed by atoms with Gasteiger partial charge in [0.1, 0.15) is 0 Å². The maximum Gasteiger partial charge on any atom is 0.0999 e. The van der Waals surface area contributed by atoms with Gasteiger partial charge in [-0.25, -0.2) is 0 Å². The van der Waals surface area contributed by atoms with Gasteiger partial charge in [0.2, 0.25) is 0 Å². The zero-order chi connectivity index (χ0) is 46.5. The van der Waals surface area contributed by atoms with Gasteiger partial charge in [0.05, 0.1) is 80.8 Å². The second kappa shape index (κ2) is 16.5. The molecule has 0 N–H and O–H groups in total. The van der Waals surface area contributed by atoms with Gasteiger partial charge in [-0.05, 0) is 82.4 Å². The summed E-state index contributed by atoms with van der Waals surface area (Å²) in [6, 6.07) is 70.6. The number of fused-ring (bicyclic) bond motifs is 6. The van der Waals surface area contributed by atoms with Crippen LogP contribution < -0.4 is 0 Å². The highest BCUT2D eigenvalue weighted by molar-refractivity contribution is 7.26. The highest BCUT2D eigenvalue weighted by Gasteiger charge is 2.32. The number of nitriles is 6. The first kappa shape index (κ1) is 40.7.